The molecule has 0 aliphatic heterocycles. The predicted octanol–water partition coefficient (Wildman–Crippen LogP) is 10.5. The second-order valence-corrected chi connectivity index (χ2v) is 12.9. The minimum absolute atomic E-state index is 0.00173. The average molecular weight is 484 g/mol. The van der Waals surface area contributed by atoms with Gasteiger partial charge in [-0.3, -0.25) is 0 Å². The lowest BCUT2D eigenvalue weighted by Gasteiger charge is -2.30. The Balaban J connectivity index is 1.77. The van der Waals surface area contributed by atoms with Crippen molar-refractivity contribution in [2.45, 2.75) is 66.2 Å². The number of aryl methyl sites for hydroxylation is 2. The lowest BCUT2D eigenvalue weighted by molar-refractivity contribution is 0.593. The largest absolute Gasteiger partial charge is 0.358 e. The molecule has 0 aliphatic rings. The van der Waals surface area contributed by atoms with E-state index in [0.29, 0.717) is 0 Å². The Hall–Kier alpha value is -3.58. The van der Waals surface area contributed by atoms with Gasteiger partial charge in [0.05, 0.1) is 0 Å². The molecule has 0 radical (unpaired) electrons. The highest BCUT2D eigenvalue weighted by atomic mass is 14.7. The van der Waals surface area contributed by atoms with Gasteiger partial charge in [-0.25, -0.2) is 0 Å². The molecule has 1 heteroatoms. The van der Waals surface area contributed by atoms with Crippen molar-refractivity contribution in [2.75, 3.05) is 0 Å². The molecule has 1 heterocycles. The zero-order valence-electron chi connectivity index (χ0n) is 23.4. The smallest absolute Gasteiger partial charge is 0.0465 e. The van der Waals surface area contributed by atoms with Gasteiger partial charge in [0.15, 0.2) is 0 Å². The second-order valence-electron chi connectivity index (χ2n) is 12.9. The summed E-state index contributed by atoms with van der Waals surface area (Å²) >= 11 is 0. The fraction of sp³-hybridized carbons (Fsp3) is 0.278. The Kier molecular flexibility index (Phi) is 5.12. The lowest BCUT2D eigenvalue weighted by atomic mass is 9.73. The van der Waals surface area contributed by atoms with Crippen LogP contribution in [0, 0.1) is 13.8 Å². The van der Waals surface area contributed by atoms with Crippen LogP contribution in [0.15, 0.2) is 72.8 Å². The summed E-state index contributed by atoms with van der Waals surface area (Å²) in [6.45, 7) is 18.6. The van der Waals surface area contributed by atoms with E-state index in [4.69, 9.17) is 0 Å². The van der Waals surface area contributed by atoms with Gasteiger partial charge in [0.25, 0.3) is 0 Å². The predicted molar refractivity (Wildman–Crippen MR) is 163 cm³/mol. The number of rotatable bonds is 1. The summed E-state index contributed by atoms with van der Waals surface area (Å²) in [5.74, 6) is 0. The first-order valence-electron chi connectivity index (χ1n) is 13.5. The summed E-state index contributed by atoms with van der Waals surface area (Å²) in [4.78, 5) is 3.65. The molecule has 1 N–H and O–H groups in total. The monoisotopic (exact) mass is 483 g/mol. The molecule has 6 rings (SSSR count). The zero-order valence-corrected chi connectivity index (χ0v) is 23.4. The van der Waals surface area contributed by atoms with Crippen molar-refractivity contribution < 1.29 is 0 Å². The first-order chi connectivity index (χ1) is 17.4. The van der Waals surface area contributed by atoms with E-state index in [0.717, 1.165) is 0 Å². The standard InChI is InChI=1S/C36H37N/c1-21-22(2)37-32-20-31-30(19-28(21)32)34(36(6,7)8)29-18-26(15-16-27(29)33(31)35(3,4)5)25-14-13-23-11-9-10-12-24(23)17-25/h9-20,37H,1-8H3. The van der Waals surface area contributed by atoms with Crippen LogP contribution in [-0.2, 0) is 10.8 Å². The molecule has 0 unspecified atom stereocenters. The molecule has 0 bridgehead atoms. The molecule has 6 aromatic rings. The molecule has 0 saturated heterocycles. The van der Waals surface area contributed by atoms with Gasteiger partial charge in [0, 0.05) is 16.6 Å². The molecule has 0 aliphatic carbocycles. The van der Waals surface area contributed by atoms with Crippen LogP contribution in [0.5, 0.6) is 0 Å². The molecular formula is C36H37N. The Morgan fingerprint density at radius 3 is 1.78 bits per heavy atom. The number of fused-ring (bicyclic) bond motifs is 4. The van der Waals surface area contributed by atoms with Crippen LogP contribution in [0.3, 0.4) is 0 Å². The van der Waals surface area contributed by atoms with E-state index in [1.165, 1.54) is 76.7 Å². The van der Waals surface area contributed by atoms with Crippen LogP contribution in [0.2, 0.25) is 0 Å². The maximum absolute atomic E-state index is 3.65. The number of aromatic amines is 1. The van der Waals surface area contributed by atoms with E-state index in [1.54, 1.807) is 0 Å². The number of hydrogen-bond donors (Lipinski definition) is 1. The van der Waals surface area contributed by atoms with Crippen LogP contribution < -0.4 is 0 Å². The van der Waals surface area contributed by atoms with E-state index in [1.807, 2.05) is 0 Å². The van der Waals surface area contributed by atoms with Gasteiger partial charge in [-0.15, -0.1) is 0 Å². The maximum Gasteiger partial charge on any atom is 0.0465 e. The van der Waals surface area contributed by atoms with Gasteiger partial charge < -0.3 is 4.98 Å². The van der Waals surface area contributed by atoms with Crippen molar-refractivity contribution in [3.63, 3.8) is 0 Å². The highest BCUT2D eigenvalue weighted by molar-refractivity contribution is 6.12. The van der Waals surface area contributed by atoms with Crippen LogP contribution in [-0.4, -0.2) is 4.98 Å². The van der Waals surface area contributed by atoms with E-state index >= 15 is 0 Å². The average Bonchev–Trinajstić information content (AvgIpc) is 3.11. The summed E-state index contributed by atoms with van der Waals surface area (Å²) in [5, 5.41) is 9.40. The number of nitrogens with one attached hydrogen (secondary N) is 1. The van der Waals surface area contributed by atoms with Crippen LogP contribution in [0.4, 0.5) is 0 Å². The molecule has 1 nitrogen and oxygen atoms in total. The van der Waals surface area contributed by atoms with E-state index < -0.39 is 0 Å². The maximum atomic E-state index is 3.65. The van der Waals surface area contributed by atoms with Gasteiger partial charge in [-0.2, -0.15) is 0 Å². The molecule has 5 aromatic carbocycles. The first kappa shape index (κ1) is 23.8. The van der Waals surface area contributed by atoms with Gasteiger partial charge in [0.1, 0.15) is 0 Å². The van der Waals surface area contributed by atoms with E-state index in [9.17, 15) is 0 Å². The highest BCUT2D eigenvalue weighted by Crippen LogP contribution is 2.46. The van der Waals surface area contributed by atoms with Crippen molar-refractivity contribution in [1.29, 1.82) is 0 Å². The third-order valence-corrected chi connectivity index (χ3v) is 8.13. The Bertz CT molecular complexity index is 1850. The lowest BCUT2D eigenvalue weighted by Crippen LogP contribution is -2.17. The normalized spacial score (nSPS) is 12.9. The zero-order chi connectivity index (χ0) is 26.3. The number of benzene rings is 5. The molecule has 37 heavy (non-hydrogen) atoms. The number of aromatic nitrogens is 1. The molecule has 186 valence electrons. The van der Waals surface area contributed by atoms with E-state index in [-0.39, 0.29) is 10.8 Å². The van der Waals surface area contributed by atoms with Crippen LogP contribution in [0.25, 0.3) is 54.3 Å². The minimum atomic E-state index is -0.0120. The summed E-state index contributed by atoms with van der Waals surface area (Å²) in [7, 11) is 0. The highest BCUT2D eigenvalue weighted by Gasteiger charge is 2.28. The summed E-state index contributed by atoms with van der Waals surface area (Å²) in [6, 6.07) is 27.5. The summed E-state index contributed by atoms with van der Waals surface area (Å²) in [5.41, 5.74) is 9.24. The van der Waals surface area contributed by atoms with Crippen molar-refractivity contribution in [2.24, 2.45) is 0 Å². The molecule has 0 amide bonds. The fourth-order valence-corrected chi connectivity index (χ4v) is 6.35. The van der Waals surface area contributed by atoms with Gasteiger partial charge in [-0.05, 0) is 109 Å². The SMILES string of the molecule is Cc1[nH]c2cc3c(C(C)(C)C)c4ccc(-c5ccc6ccccc6c5)cc4c(C(C)(C)C)c3cc2c1C. The Morgan fingerprint density at radius 2 is 1.08 bits per heavy atom. The Morgan fingerprint density at radius 1 is 0.514 bits per heavy atom. The topological polar surface area (TPSA) is 15.8 Å². The molecule has 0 atom stereocenters. The minimum Gasteiger partial charge on any atom is -0.358 e. The van der Waals surface area contributed by atoms with Gasteiger partial charge >= 0.3 is 0 Å². The summed E-state index contributed by atoms with van der Waals surface area (Å²) < 4.78 is 0. The third kappa shape index (κ3) is 3.75. The fourth-order valence-electron chi connectivity index (χ4n) is 6.35. The van der Waals surface area contributed by atoms with Gasteiger partial charge in [-0.1, -0.05) is 90.1 Å². The Labute approximate surface area is 220 Å². The van der Waals surface area contributed by atoms with Crippen molar-refractivity contribution in [3.05, 3.63) is 95.2 Å². The number of hydrogen-bond acceptors (Lipinski definition) is 0. The van der Waals surface area contributed by atoms with Crippen LogP contribution >= 0.6 is 0 Å². The van der Waals surface area contributed by atoms with Crippen LogP contribution in [0.1, 0.15) is 63.9 Å². The van der Waals surface area contributed by atoms with E-state index in [2.05, 4.69) is 133 Å². The second kappa shape index (κ2) is 7.96. The molecule has 0 spiro atoms. The number of H-pyrrole nitrogens is 1. The summed E-state index contributed by atoms with van der Waals surface area (Å²) in [6.07, 6.45) is 0. The quantitative estimate of drug-likeness (QED) is 0.224. The first-order valence-corrected chi connectivity index (χ1v) is 13.5. The third-order valence-electron chi connectivity index (χ3n) is 8.13. The molecule has 0 saturated carbocycles. The molecule has 1 aromatic heterocycles. The van der Waals surface area contributed by atoms with Crippen molar-refractivity contribution >= 4 is 43.2 Å². The van der Waals surface area contributed by atoms with Crippen molar-refractivity contribution in [3.8, 4) is 11.1 Å². The molecular weight excluding hydrogens is 446 g/mol. The molecule has 0 fully saturated rings. The van der Waals surface area contributed by atoms with Crippen molar-refractivity contribution in [1.82, 2.24) is 4.98 Å². The van der Waals surface area contributed by atoms with Gasteiger partial charge in [0.2, 0.25) is 0 Å².